The molecule has 0 spiro atoms. The van der Waals surface area contributed by atoms with Crippen molar-refractivity contribution in [2.45, 2.75) is 9.65 Å². The van der Waals surface area contributed by atoms with Gasteiger partial charge < -0.3 is 9.84 Å². The van der Waals surface area contributed by atoms with Crippen LogP contribution in [0.3, 0.4) is 0 Å². The van der Waals surface area contributed by atoms with Crippen LogP contribution in [0.25, 0.3) is 0 Å². The van der Waals surface area contributed by atoms with Crippen molar-refractivity contribution in [2.75, 3.05) is 7.11 Å². The normalized spacial score (nSPS) is 13.8. The smallest absolute Gasteiger partial charge is 0.318 e. The van der Waals surface area contributed by atoms with Gasteiger partial charge in [-0.15, -0.1) is 0 Å². The van der Waals surface area contributed by atoms with E-state index in [1.165, 1.54) is 7.11 Å². The molecular formula is C11H10Br2O4. The van der Waals surface area contributed by atoms with Gasteiger partial charge in [-0.3, -0.25) is 9.59 Å². The summed E-state index contributed by atoms with van der Waals surface area (Å²) in [6, 6.07) is 6.49. The number of rotatable bonds is 5. The molecule has 0 aromatic heterocycles. The first kappa shape index (κ1) is 14.2. The fourth-order valence-corrected chi connectivity index (χ4v) is 1.90. The molecule has 1 rings (SSSR count). The lowest BCUT2D eigenvalue weighted by Gasteiger charge is -2.11. The van der Waals surface area contributed by atoms with E-state index in [1.54, 1.807) is 24.3 Å². The summed E-state index contributed by atoms with van der Waals surface area (Å²) < 4.78 is 4.97. The Hall–Kier alpha value is -0.880. The minimum atomic E-state index is -1.09. The zero-order valence-electron chi connectivity index (χ0n) is 8.89. The Morgan fingerprint density at radius 3 is 2.12 bits per heavy atom. The van der Waals surface area contributed by atoms with Crippen LogP contribution in [0.2, 0.25) is 0 Å². The van der Waals surface area contributed by atoms with Gasteiger partial charge in [-0.2, -0.15) is 0 Å². The molecule has 1 aromatic carbocycles. The Labute approximate surface area is 115 Å². The molecule has 92 valence electrons. The SMILES string of the molecule is COc1ccc(C(=O)[C@@H](Br)[C@@H](Br)C(=O)O)cc1. The molecule has 2 atom stereocenters. The van der Waals surface area contributed by atoms with Crippen LogP contribution in [0.15, 0.2) is 24.3 Å². The number of halogens is 2. The van der Waals surface area contributed by atoms with Gasteiger partial charge in [0, 0.05) is 5.56 Å². The van der Waals surface area contributed by atoms with E-state index in [-0.39, 0.29) is 5.78 Å². The fourth-order valence-electron chi connectivity index (χ4n) is 1.17. The maximum Gasteiger partial charge on any atom is 0.318 e. The molecule has 0 unspecified atom stereocenters. The third-order valence-corrected chi connectivity index (χ3v) is 4.69. The summed E-state index contributed by atoms with van der Waals surface area (Å²) in [5.41, 5.74) is 0.429. The molecule has 0 bridgehead atoms. The van der Waals surface area contributed by atoms with Gasteiger partial charge in [0.2, 0.25) is 0 Å². The zero-order chi connectivity index (χ0) is 13.0. The Bertz CT molecular complexity index is 416. The molecule has 0 fully saturated rings. The van der Waals surface area contributed by atoms with E-state index in [0.717, 1.165) is 0 Å². The number of Topliss-reactive ketones (excluding diaryl/α,β-unsaturated/α-hetero) is 1. The highest BCUT2D eigenvalue weighted by Gasteiger charge is 2.29. The molecule has 0 aliphatic carbocycles. The van der Waals surface area contributed by atoms with Crippen molar-refractivity contribution in [1.29, 1.82) is 0 Å². The molecular weight excluding hydrogens is 356 g/mol. The number of ether oxygens (including phenoxy) is 1. The number of benzene rings is 1. The van der Waals surface area contributed by atoms with Crippen molar-refractivity contribution in [1.82, 2.24) is 0 Å². The number of methoxy groups -OCH3 is 1. The monoisotopic (exact) mass is 364 g/mol. The van der Waals surface area contributed by atoms with E-state index in [0.29, 0.717) is 11.3 Å². The molecule has 0 aliphatic rings. The number of carbonyl (C=O) groups is 2. The topological polar surface area (TPSA) is 63.6 Å². The lowest BCUT2D eigenvalue weighted by Crippen LogP contribution is -2.30. The molecule has 0 amide bonds. The number of ketones is 1. The summed E-state index contributed by atoms with van der Waals surface area (Å²) >= 11 is 6.01. The van der Waals surface area contributed by atoms with E-state index >= 15 is 0 Å². The minimum Gasteiger partial charge on any atom is -0.497 e. The average molecular weight is 366 g/mol. The largest absolute Gasteiger partial charge is 0.497 e. The van der Waals surface area contributed by atoms with Crippen LogP contribution in [0.5, 0.6) is 5.75 Å². The van der Waals surface area contributed by atoms with Crippen LogP contribution in [-0.4, -0.2) is 33.6 Å². The van der Waals surface area contributed by atoms with Crippen LogP contribution in [0.4, 0.5) is 0 Å². The van der Waals surface area contributed by atoms with Crippen LogP contribution < -0.4 is 4.74 Å². The first-order valence-corrected chi connectivity index (χ1v) is 6.49. The summed E-state index contributed by atoms with van der Waals surface area (Å²) in [7, 11) is 1.53. The highest BCUT2D eigenvalue weighted by molar-refractivity contribution is 9.12. The van der Waals surface area contributed by atoms with Gasteiger partial charge in [0.1, 0.15) is 15.4 Å². The van der Waals surface area contributed by atoms with Crippen molar-refractivity contribution >= 4 is 43.6 Å². The van der Waals surface area contributed by atoms with E-state index in [4.69, 9.17) is 9.84 Å². The van der Waals surface area contributed by atoms with Gasteiger partial charge in [-0.1, -0.05) is 31.9 Å². The van der Waals surface area contributed by atoms with Crippen molar-refractivity contribution in [3.05, 3.63) is 29.8 Å². The number of aliphatic carboxylic acids is 1. The zero-order valence-corrected chi connectivity index (χ0v) is 12.1. The summed E-state index contributed by atoms with van der Waals surface area (Å²) in [6.45, 7) is 0. The lowest BCUT2D eigenvalue weighted by atomic mass is 10.1. The highest BCUT2D eigenvalue weighted by Crippen LogP contribution is 2.21. The number of carbonyl (C=O) groups excluding carboxylic acids is 1. The molecule has 0 radical (unpaired) electrons. The van der Waals surface area contributed by atoms with Gasteiger partial charge in [-0.25, -0.2) is 0 Å². The van der Waals surface area contributed by atoms with Crippen LogP contribution in [0, 0.1) is 0 Å². The summed E-state index contributed by atoms with van der Waals surface area (Å²) in [4.78, 5) is 20.9. The Morgan fingerprint density at radius 1 is 1.18 bits per heavy atom. The third kappa shape index (κ3) is 3.54. The lowest BCUT2D eigenvalue weighted by molar-refractivity contribution is -0.136. The first-order chi connectivity index (χ1) is 7.97. The molecule has 0 saturated heterocycles. The molecule has 0 aliphatic heterocycles. The number of hydrogen-bond acceptors (Lipinski definition) is 3. The first-order valence-electron chi connectivity index (χ1n) is 4.66. The summed E-state index contributed by atoms with van der Waals surface area (Å²) in [5.74, 6) is -0.744. The minimum absolute atomic E-state index is 0.295. The molecule has 1 N–H and O–H groups in total. The average Bonchev–Trinajstić information content (AvgIpc) is 2.36. The van der Waals surface area contributed by atoms with Gasteiger partial charge in [0.05, 0.1) is 7.11 Å². The Balaban J connectivity index is 2.85. The highest BCUT2D eigenvalue weighted by atomic mass is 79.9. The Morgan fingerprint density at radius 2 is 1.71 bits per heavy atom. The van der Waals surface area contributed by atoms with Crippen molar-refractivity contribution in [3.63, 3.8) is 0 Å². The standard InChI is InChI=1S/C11H10Br2O4/c1-17-7-4-2-6(3-5-7)10(14)8(12)9(13)11(15)16/h2-5,8-9H,1H3,(H,15,16)/t8-,9+/m0/s1. The molecule has 4 nitrogen and oxygen atoms in total. The van der Waals surface area contributed by atoms with E-state index in [1.807, 2.05) is 0 Å². The molecule has 17 heavy (non-hydrogen) atoms. The van der Waals surface area contributed by atoms with E-state index in [9.17, 15) is 9.59 Å². The number of carboxylic acid groups (broad SMARTS) is 1. The number of carboxylic acids is 1. The van der Waals surface area contributed by atoms with Gasteiger partial charge in [0.15, 0.2) is 5.78 Å². The predicted molar refractivity (Wildman–Crippen MR) is 70.4 cm³/mol. The van der Waals surface area contributed by atoms with Crippen molar-refractivity contribution in [3.8, 4) is 5.75 Å². The van der Waals surface area contributed by atoms with E-state index in [2.05, 4.69) is 31.9 Å². The van der Waals surface area contributed by atoms with E-state index < -0.39 is 15.6 Å². The van der Waals surface area contributed by atoms with Crippen LogP contribution in [-0.2, 0) is 4.79 Å². The van der Waals surface area contributed by atoms with Crippen molar-refractivity contribution < 1.29 is 19.4 Å². The molecule has 0 heterocycles. The third-order valence-electron chi connectivity index (χ3n) is 2.12. The number of hydrogen-bond donors (Lipinski definition) is 1. The van der Waals surface area contributed by atoms with Gasteiger partial charge in [-0.05, 0) is 24.3 Å². The molecule has 0 saturated carbocycles. The fraction of sp³-hybridized carbons (Fsp3) is 0.273. The summed E-state index contributed by atoms with van der Waals surface area (Å²) in [5, 5.41) is 8.78. The second-order valence-corrected chi connectivity index (χ2v) is 5.21. The quantitative estimate of drug-likeness (QED) is 0.643. The van der Waals surface area contributed by atoms with Crippen molar-refractivity contribution in [2.24, 2.45) is 0 Å². The molecule has 1 aromatic rings. The van der Waals surface area contributed by atoms with Gasteiger partial charge in [0.25, 0.3) is 0 Å². The van der Waals surface area contributed by atoms with Crippen LogP contribution in [0.1, 0.15) is 10.4 Å². The summed E-state index contributed by atoms with van der Waals surface area (Å²) in [6.07, 6.45) is 0. The maximum absolute atomic E-state index is 11.9. The predicted octanol–water partition coefficient (Wildman–Crippen LogP) is 2.49. The Kier molecular flexibility index (Phi) is 5.14. The maximum atomic E-state index is 11.9. The number of alkyl halides is 2. The molecule has 6 heteroatoms. The van der Waals surface area contributed by atoms with Crippen LogP contribution >= 0.6 is 31.9 Å². The van der Waals surface area contributed by atoms with Gasteiger partial charge >= 0.3 is 5.97 Å². The second kappa shape index (κ2) is 6.16. The second-order valence-electron chi connectivity index (χ2n) is 3.23.